The SMILES string of the molecule is COc1ccc(/C=N\Nc2nc(-c3ccc(N(C)S(C)(=O)=O)cc3)cs2)cc1. The Morgan fingerprint density at radius 2 is 1.82 bits per heavy atom. The van der Waals surface area contributed by atoms with E-state index in [1.807, 2.05) is 41.8 Å². The maximum absolute atomic E-state index is 11.6. The number of nitrogens with zero attached hydrogens (tertiary/aromatic N) is 3. The van der Waals surface area contributed by atoms with E-state index in [-0.39, 0.29) is 0 Å². The van der Waals surface area contributed by atoms with Crippen LogP contribution in [-0.4, -0.2) is 40.0 Å². The summed E-state index contributed by atoms with van der Waals surface area (Å²) in [4.78, 5) is 4.50. The molecule has 0 bridgehead atoms. The molecule has 3 rings (SSSR count). The van der Waals surface area contributed by atoms with E-state index in [9.17, 15) is 8.42 Å². The van der Waals surface area contributed by atoms with Gasteiger partial charge >= 0.3 is 0 Å². The minimum Gasteiger partial charge on any atom is -0.497 e. The number of hydrogen-bond donors (Lipinski definition) is 1. The molecule has 3 aromatic rings. The summed E-state index contributed by atoms with van der Waals surface area (Å²) in [6.45, 7) is 0. The quantitative estimate of drug-likeness (QED) is 0.469. The second kappa shape index (κ2) is 8.41. The largest absolute Gasteiger partial charge is 0.497 e. The molecule has 1 aromatic heterocycles. The minimum absolute atomic E-state index is 0.601. The van der Waals surface area contributed by atoms with Gasteiger partial charge in [-0.3, -0.25) is 9.73 Å². The van der Waals surface area contributed by atoms with Gasteiger partial charge in [0, 0.05) is 18.0 Å². The van der Waals surface area contributed by atoms with Gasteiger partial charge in [0.25, 0.3) is 0 Å². The van der Waals surface area contributed by atoms with Gasteiger partial charge in [-0.25, -0.2) is 13.4 Å². The van der Waals surface area contributed by atoms with E-state index >= 15 is 0 Å². The molecule has 0 atom stereocenters. The Morgan fingerprint density at radius 3 is 2.43 bits per heavy atom. The van der Waals surface area contributed by atoms with Gasteiger partial charge in [0.15, 0.2) is 0 Å². The number of ether oxygens (including phenoxy) is 1. The lowest BCUT2D eigenvalue weighted by atomic mass is 10.1. The van der Waals surface area contributed by atoms with Crippen molar-refractivity contribution >= 4 is 38.4 Å². The Balaban J connectivity index is 1.65. The van der Waals surface area contributed by atoms with Gasteiger partial charge in [-0.15, -0.1) is 11.3 Å². The lowest BCUT2D eigenvalue weighted by Gasteiger charge is -2.16. The summed E-state index contributed by atoms with van der Waals surface area (Å²) in [5, 5.41) is 6.78. The summed E-state index contributed by atoms with van der Waals surface area (Å²) < 4.78 is 29.6. The topological polar surface area (TPSA) is 83.9 Å². The number of rotatable bonds is 7. The second-order valence-corrected chi connectivity index (χ2v) is 8.83. The fourth-order valence-corrected chi connectivity index (χ4v) is 3.52. The monoisotopic (exact) mass is 416 g/mol. The first-order chi connectivity index (χ1) is 13.4. The van der Waals surface area contributed by atoms with Crippen molar-refractivity contribution in [3.63, 3.8) is 0 Å². The highest BCUT2D eigenvalue weighted by atomic mass is 32.2. The summed E-state index contributed by atoms with van der Waals surface area (Å²) in [6, 6.07) is 14.8. The Hall–Kier alpha value is -2.91. The molecule has 0 saturated carbocycles. The van der Waals surface area contributed by atoms with Crippen LogP contribution in [0, 0.1) is 0 Å². The van der Waals surface area contributed by atoms with Gasteiger partial charge < -0.3 is 4.74 Å². The Morgan fingerprint density at radius 1 is 1.14 bits per heavy atom. The van der Waals surface area contributed by atoms with Crippen LogP contribution >= 0.6 is 11.3 Å². The van der Waals surface area contributed by atoms with E-state index in [1.165, 1.54) is 28.9 Å². The molecule has 0 aliphatic carbocycles. The first-order valence-electron chi connectivity index (χ1n) is 8.30. The Kier molecular flexibility index (Phi) is 5.96. The van der Waals surface area contributed by atoms with Crippen molar-refractivity contribution in [2.75, 3.05) is 30.1 Å². The number of aromatic nitrogens is 1. The van der Waals surface area contributed by atoms with Crippen LogP contribution in [0.15, 0.2) is 59.0 Å². The number of methoxy groups -OCH3 is 1. The second-order valence-electron chi connectivity index (χ2n) is 5.96. The van der Waals surface area contributed by atoms with Crippen LogP contribution in [0.3, 0.4) is 0 Å². The summed E-state index contributed by atoms with van der Waals surface area (Å²) in [7, 11) is -0.129. The van der Waals surface area contributed by atoms with Crippen molar-refractivity contribution < 1.29 is 13.2 Å². The normalized spacial score (nSPS) is 11.5. The molecule has 0 unspecified atom stereocenters. The van der Waals surface area contributed by atoms with Gasteiger partial charge in [0.2, 0.25) is 15.2 Å². The van der Waals surface area contributed by atoms with E-state index in [2.05, 4.69) is 15.5 Å². The van der Waals surface area contributed by atoms with E-state index < -0.39 is 10.0 Å². The smallest absolute Gasteiger partial charge is 0.231 e. The molecule has 0 fully saturated rings. The van der Waals surface area contributed by atoms with Crippen molar-refractivity contribution in [2.45, 2.75) is 0 Å². The Bertz CT molecular complexity index is 1060. The Labute approximate surface area is 168 Å². The molecular weight excluding hydrogens is 396 g/mol. The van der Waals surface area contributed by atoms with Crippen molar-refractivity contribution in [3.8, 4) is 17.0 Å². The van der Waals surface area contributed by atoms with Crippen molar-refractivity contribution in [2.24, 2.45) is 5.10 Å². The first kappa shape index (κ1) is 19.8. The average molecular weight is 417 g/mol. The molecule has 2 aromatic carbocycles. The molecule has 9 heteroatoms. The number of anilines is 2. The third-order valence-electron chi connectivity index (χ3n) is 4.02. The van der Waals surface area contributed by atoms with Gasteiger partial charge in [0.1, 0.15) is 5.75 Å². The molecule has 0 radical (unpaired) electrons. The molecule has 146 valence electrons. The summed E-state index contributed by atoms with van der Waals surface area (Å²) in [5.41, 5.74) is 6.15. The summed E-state index contributed by atoms with van der Waals surface area (Å²) >= 11 is 1.44. The van der Waals surface area contributed by atoms with Crippen LogP contribution in [0.25, 0.3) is 11.3 Å². The molecule has 7 nitrogen and oxygen atoms in total. The molecule has 1 heterocycles. The van der Waals surface area contributed by atoms with E-state index in [0.717, 1.165) is 22.6 Å². The number of nitrogens with one attached hydrogen (secondary N) is 1. The zero-order chi connectivity index (χ0) is 20.1. The minimum atomic E-state index is -3.28. The molecule has 1 N–H and O–H groups in total. The van der Waals surface area contributed by atoms with Crippen LogP contribution in [-0.2, 0) is 10.0 Å². The number of hydrogen-bond acceptors (Lipinski definition) is 7. The van der Waals surface area contributed by atoms with Crippen LogP contribution in [0.2, 0.25) is 0 Å². The van der Waals surface area contributed by atoms with Crippen molar-refractivity contribution in [1.82, 2.24) is 4.98 Å². The fraction of sp³-hybridized carbons (Fsp3) is 0.158. The molecule has 0 amide bonds. The first-order valence-corrected chi connectivity index (χ1v) is 11.0. The van der Waals surface area contributed by atoms with Crippen LogP contribution in [0.4, 0.5) is 10.8 Å². The summed E-state index contributed by atoms with van der Waals surface area (Å²) in [6.07, 6.45) is 2.88. The van der Waals surface area contributed by atoms with Crippen LogP contribution in [0.1, 0.15) is 5.56 Å². The number of thiazole rings is 1. The standard InChI is InChI=1S/C19H20N4O3S2/c1-23(28(3,24)25)16-8-6-15(7-9-16)18-13-27-19(21-18)22-20-12-14-4-10-17(26-2)11-5-14/h4-13H,1-3H3,(H,21,22)/b20-12-. The highest BCUT2D eigenvalue weighted by Gasteiger charge is 2.12. The molecule has 0 aliphatic rings. The highest BCUT2D eigenvalue weighted by Crippen LogP contribution is 2.27. The molecule has 0 spiro atoms. The fourth-order valence-electron chi connectivity index (χ4n) is 2.34. The molecule has 28 heavy (non-hydrogen) atoms. The van der Waals surface area contributed by atoms with E-state index in [4.69, 9.17) is 4.74 Å². The third-order valence-corrected chi connectivity index (χ3v) is 5.97. The number of hydrazone groups is 1. The molecule has 0 aliphatic heterocycles. The maximum Gasteiger partial charge on any atom is 0.231 e. The van der Waals surface area contributed by atoms with Gasteiger partial charge in [-0.05, 0) is 42.0 Å². The van der Waals surface area contributed by atoms with Crippen LogP contribution < -0.4 is 14.5 Å². The third kappa shape index (κ3) is 4.87. The lowest BCUT2D eigenvalue weighted by molar-refractivity contribution is 0.415. The van der Waals surface area contributed by atoms with Crippen molar-refractivity contribution in [1.29, 1.82) is 0 Å². The predicted octanol–water partition coefficient (Wildman–Crippen LogP) is 3.66. The van der Waals surface area contributed by atoms with E-state index in [1.54, 1.807) is 25.5 Å². The zero-order valence-corrected chi connectivity index (χ0v) is 17.3. The highest BCUT2D eigenvalue weighted by molar-refractivity contribution is 7.92. The predicted molar refractivity (Wildman–Crippen MR) is 115 cm³/mol. The lowest BCUT2D eigenvalue weighted by Crippen LogP contribution is -2.24. The molecular formula is C19H20N4O3S2. The van der Waals surface area contributed by atoms with Gasteiger partial charge in [-0.1, -0.05) is 12.1 Å². The maximum atomic E-state index is 11.6. The van der Waals surface area contributed by atoms with Gasteiger partial charge in [-0.2, -0.15) is 5.10 Å². The number of benzene rings is 2. The average Bonchev–Trinajstić information content (AvgIpc) is 3.16. The zero-order valence-electron chi connectivity index (χ0n) is 15.7. The van der Waals surface area contributed by atoms with Crippen molar-refractivity contribution in [3.05, 3.63) is 59.5 Å². The molecule has 0 saturated heterocycles. The van der Waals surface area contributed by atoms with E-state index in [0.29, 0.717) is 10.8 Å². The van der Waals surface area contributed by atoms with Gasteiger partial charge in [0.05, 0.1) is 31.0 Å². The number of sulfonamides is 1. The van der Waals surface area contributed by atoms with Crippen LogP contribution in [0.5, 0.6) is 5.75 Å². The summed E-state index contributed by atoms with van der Waals surface area (Å²) in [5.74, 6) is 0.795.